The molecule has 1 saturated heterocycles. The lowest BCUT2D eigenvalue weighted by atomic mass is 10.0. The summed E-state index contributed by atoms with van der Waals surface area (Å²) in [5, 5.41) is 6.89. The molecule has 1 fully saturated rings. The molecule has 0 aliphatic carbocycles. The minimum absolute atomic E-state index is 0.125. The van der Waals surface area contributed by atoms with Crippen LogP contribution in [-0.4, -0.2) is 48.8 Å². The second kappa shape index (κ2) is 7.59. The van der Waals surface area contributed by atoms with Crippen LogP contribution in [0.5, 0.6) is 0 Å². The van der Waals surface area contributed by atoms with Gasteiger partial charge in [-0.1, -0.05) is 35.5 Å². The minimum atomic E-state index is -0.138. The number of carbonyl (C=O) groups excluding carboxylic acids is 1. The van der Waals surface area contributed by atoms with E-state index < -0.39 is 0 Å². The van der Waals surface area contributed by atoms with Gasteiger partial charge in [0.2, 0.25) is 0 Å². The second-order valence-electron chi connectivity index (χ2n) is 5.98. The van der Waals surface area contributed by atoms with Gasteiger partial charge in [0.1, 0.15) is 11.3 Å². The van der Waals surface area contributed by atoms with Crippen LogP contribution in [0.15, 0.2) is 34.9 Å². The Bertz CT molecular complexity index is 659. The summed E-state index contributed by atoms with van der Waals surface area (Å²) in [7, 11) is 0. The van der Waals surface area contributed by atoms with Crippen LogP contribution in [0, 0.1) is 13.8 Å². The number of amides is 1. The van der Waals surface area contributed by atoms with Crippen molar-refractivity contribution in [1.29, 1.82) is 0 Å². The summed E-state index contributed by atoms with van der Waals surface area (Å²) in [6.45, 7) is 7.24. The molecule has 1 aromatic carbocycles. The summed E-state index contributed by atoms with van der Waals surface area (Å²) in [5.74, 6) is 0.410. The van der Waals surface area contributed by atoms with Crippen molar-refractivity contribution in [2.75, 3.05) is 32.8 Å². The summed E-state index contributed by atoms with van der Waals surface area (Å²) in [4.78, 5) is 14.9. The van der Waals surface area contributed by atoms with E-state index >= 15 is 0 Å². The quantitative estimate of drug-likeness (QED) is 0.910. The SMILES string of the molecule is Cc1noc(C)c1C(=O)NC[C@H](c1ccccc1)N1CCOCC1. The molecule has 6 heteroatoms. The van der Waals surface area contributed by atoms with E-state index in [0.717, 1.165) is 26.3 Å². The molecule has 1 aliphatic heterocycles. The molecule has 128 valence electrons. The zero-order valence-electron chi connectivity index (χ0n) is 14.1. The first kappa shape index (κ1) is 16.7. The van der Waals surface area contributed by atoms with Crippen LogP contribution in [0.3, 0.4) is 0 Å². The Kier molecular flexibility index (Phi) is 5.27. The number of aryl methyl sites for hydroxylation is 2. The molecule has 2 aromatic rings. The van der Waals surface area contributed by atoms with Crippen LogP contribution in [0.25, 0.3) is 0 Å². The maximum absolute atomic E-state index is 12.5. The molecule has 1 N–H and O–H groups in total. The van der Waals surface area contributed by atoms with Gasteiger partial charge in [-0.15, -0.1) is 0 Å². The van der Waals surface area contributed by atoms with E-state index in [-0.39, 0.29) is 11.9 Å². The molecule has 0 radical (unpaired) electrons. The predicted octanol–water partition coefficient (Wildman–Crippen LogP) is 2.09. The highest BCUT2D eigenvalue weighted by Crippen LogP contribution is 2.21. The summed E-state index contributed by atoms with van der Waals surface area (Å²) in [6.07, 6.45) is 0. The first-order valence-corrected chi connectivity index (χ1v) is 8.24. The van der Waals surface area contributed by atoms with Crippen molar-refractivity contribution < 1.29 is 14.1 Å². The van der Waals surface area contributed by atoms with Crippen LogP contribution in [0.4, 0.5) is 0 Å². The molecule has 0 saturated carbocycles. The van der Waals surface area contributed by atoms with Gasteiger partial charge >= 0.3 is 0 Å². The highest BCUT2D eigenvalue weighted by atomic mass is 16.5. The molecule has 1 aliphatic rings. The van der Waals surface area contributed by atoms with Crippen LogP contribution >= 0.6 is 0 Å². The van der Waals surface area contributed by atoms with Crippen molar-refractivity contribution in [2.45, 2.75) is 19.9 Å². The van der Waals surface area contributed by atoms with E-state index in [9.17, 15) is 4.79 Å². The standard InChI is InChI=1S/C18H23N3O3/c1-13-17(14(2)24-20-13)18(22)19-12-16(15-6-4-3-5-7-15)21-8-10-23-11-9-21/h3-7,16H,8-12H2,1-2H3,(H,19,22)/t16-/m1/s1. The van der Waals surface area contributed by atoms with E-state index in [4.69, 9.17) is 9.26 Å². The van der Waals surface area contributed by atoms with Gasteiger partial charge in [0.05, 0.1) is 24.9 Å². The number of nitrogens with one attached hydrogen (secondary N) is 1. The number of morpholine rings is 1. The average molecular weight is 329 g/mol. The lowest BCUT2D eigenvalue weighted by molar-refractivity contribution is 0.0162. The summed E-state index contributed by atoms with van der Waals surface area (Å²) >= 11 is 0. The number of nitrogens with zero attached hydrogens (tertiary/aromatic N) is 2. The molecule has 2 heterocycles. The van der Waals surface area contributed by atoms with E-state index in [1.54, 1.807) is 13.8 Å². The first-order chi connectivity index (χ1) is 11.7. The van der Waals surface area contributed by atoms with Gasteiger partial charge in [0.15, 0.2) is 0 Å². The van der Waals surface area contributed by atoms with Crippen LogP contribution in [0.2, 0.25) is 0 Å². The molecule has 0 spiro atoms. The number of benzene rings is 1. The maximum atomic E-state index is 12.5. The van der Waals surface area contributed by atoms with Crippen molar-refractivity contribution in [3.63, 3.8) is 0 Å². The molecular weight excluding hydrogens is 306 g/mol. The van der Waals surface area contributed by atoms with Crippen molar-refractivity contribution in [2.24, 2.45) is 0 Å². The fraction of sp³-hybridized carbons (Fsp3) is 0.444. The first-order valence-electron chi connectivity index (χ1n) is 8.24. The Hall–Kier alpha value is -2.18. The molecule has 1 amide bonds. The molecule has 1 atom stereocenters. The Balaban J connectivity index is 1.73. The monoisotopic (exact) mass is 329 g/mol. The molecule has 3 rings (SSSR count). The highest BCUT2D eigenvalue weighted by molar-refractivity contribution is 5.96. The van der Waals surface area contributed by atoms with E-state index in [1.165, 1.54) is 5.56 Å². The topological polar surface area (TPSA) is 67.6 Å². The van der Waals surface area contributed by atoms with Gasteiger partial charge in [-0.2, -0.15) is 0 Å². The van der Waals surface area contributed by atoms with Gasteiger partial charge in [-0.3, -0.25) is 9.69 Å². The molecule has 0 bridgehead atoms. The third-order valence-electron chi connectivity index (χ3n) is 4.39. The van der Waals surface area contributed by atoms with Crippen molar-refractivity contribution in [1.82, 2.24) is 15.4 Å². The van der Waals surface area contributed by atoms with Gasteiger partial charge in [-0.05, 0) is 19.4 Å². The maximum Gasteiger partial charge on any atom is 0.256 e. The molecule has 6 nitrogen and oxygen atoms in total. The molecule has 0 unspecified atom stereocenters. The fourth-order valence-corrected chi connectivity index (χ4v) is 3.11. The molecule has 1 aromatic heterocycles. The zero-order chi connectivity index (χ0) is 16.9. The minimum Gasteiger partial charge on any atom is -0.379 e. The van der Waals surface area contributed by atoms with E-state index in [0.29, 0.717) is 23.6 Å². The Morgan fingerprint density at radius 2 is 1.96 bits per heavy atom. The number of hydrogen-bond acceptors (Lipinski definition) is 5. The van der Waals surface area contributed by atoms with Crippen molar-refractivity contribution in [3.8, 4) is 0 Å². The lowest BCUT2D eigenvalue weighted by Gasteiger charge is -2.34. The van der Waals surface area contributed by atoms with Gasteiger partial charge < -0.3 is 14.6 Å². The highest BCUT2D eigenvalue weighted by Gasteiger charge is 2.24. The van der Waals surface area contributed by atoms with Crippen LogP contribution in [0.1, 0.15) is 33.4 Å². The van der Waals surface area contributed by atoms with Gasteiger partial charge in [0, 0.05) is 19.6 Å². The Morgan fingerprint density at radius 1 is 1.25 bits per heavy atom. The zero-order valence-corrected chi connectivity index (χ0v) is 14.1. The average Bonchev–Trinajstić information content (AvgIpc) is 2.95. The van der Waals surface area contributed by atoms with Crippen LogP contribution in [-0.2, 0) is 4.74 Å². The van der Waals surface area contributed by atoms with Crippen molar-refractivity contribution in [3.05, 3.63) is 52.9 Å². The lowest BCUT2D eigenvalue weighted by Crippen LogP contribution is -2.43. The largest absolute Gasteiger partial charge is 0.379 e. The smallest absolute Gasteiger partial charge is 0.256 e. The number of ether oxygens (including phenoxy) is 1. The number of rotatable bonds is 5. The number of aromatic nitrogens is 1. The van der Waals surface area contributed by atoms with E-state index in [1.807, 2.05) is 18.2 Å². The molecular formula is C18H23N3O3. The Morgan fingerprint density at radius 3 is 2.58 bits per heavy atom. The van der Waals surface area contributed by atoms with Crippen LogP contribution < -0.4 is 5.32 Å². The second-order valence-corrected chi connectivity index (χ2v) is 5.98. The third kappa shape index (κ3) is 3.66. The van der Waals surface area contributed by atoms with E-state index in [2.05, 4.69) is 27.5 Å². The van der Waals surface area contributed by atoms with Gasteiger partial charge in [-0.25, -0.2) is 0 Å². The fourth-order valence-electron chi connectivity index (χ4n) is 3.11. The van der Waals surface area contributed by atoms with Gasteiger partial charge in [0.25, 0.3) is 5.91 Å². The summed E-state index contributed by atoms with van der Waals surface area (Å²) < 4.78 is 10.5. The number of carbonyl (C=O) groups is 1. The summed E-state index contributed by atoms with van der Waals surface area (Å²) in [5.41, 5.74) is 2.34. The Labute approximate surface area is 141 Å². The number of hydrogen-bond donors (Lipinski definition) is 1. The van der Waals surface area contributed by atoms with Crippen molar-refractivity contribution >= 4 is 5.91 Å². The normalized spacial score (nSPS) is 16.8. The summed E-state index contributed by atoms with van der Waals surface area (Å²) in [6, 6.07) is 10.4. The third-order valence-corrected chi connectivity index (χ3v) is 4.39. The molecule has 24 heavy (non-hydrogen) atoms. The predicted molar refractivity (Wildman–Crippen MR) is 89.9 cm³/mol.